The fraction of sp³-hybridized carbons (Fsp3) is 0. The summed E-state index contributed by atoms with van der Waals surface area (Å²) in [5.74, 6) is -3.26. The van der Waals surface area contributed by atoms with Crippen molar-refractivity contribution in [2.75, 3.05) is 5.32 Å². The zero-order chi connectivity index (χ0) is 14.7. The monoisotopic (exact) mass is 359 g/mol. The predicted octanol–water partition coefficient (Wildman–Crippen LogP) is -3.31. The number of rotatable bonds is 2. The predicted molar refractivity (Wildman–Crippen MR) is 71.2 cm³/mol. The number of hydrogen-bond acceptors (Lipinski definition) is 5. The average molecular weight is 360 g/mol. The summed E-state index contributed by atoms with van der Waals surface area (Å²) < 4.78 is 1.10. The smallest absolute Gasteiger partial charge is 0.540 e. The molecule has 0 saturated heterocycles. The Kier molecular flexibility index (Phi) is 6.28. The summed E-state index contributed by atoms with van der Waals surface area (Å²) in [4.78, 5) is 33.4. The first-order valence-electron chi connectivity index (χ1n) is 5.36. The van der Waals surface area contributed by atoms with Gasteiger partial charge in [-0.05, 0) is 28.1 Å². The molecule has 0 saturated carbocycles. The van der Waals surface area contributed by atoms with E-state index in [-0.39, 0.29) is 39.7 Å². The molecule has 1 aromatic carbocycles. The van der Waals surface area contributed by atoms with Crippen LogP contribution in [0.5, 0.6) is 0 Å². The van der Waals surface area contributed by atoms with Crippen LogP contribution in [0.3, 0.4) is 0 Å². The van der Waals surface area contributed by atoms with E-state index in [2.05, 4.69) is 21.0 Å². The fourth-order valence-electron chi connectivity index (χ4n) is 1.45. The quantitative estimate of drug-likeness (QED) is 0.446. The normalized spacial score (nSPS) is 9.57. The van der Waals surface area contributed by atoms with Crippen molar-refractivity contribution >= 4 is 33.5 Å². The van der Waals surface area contributed by atoms with Gasteiger partial charge in [-0.2, -0.15) is 9.78 Å². The Morgan fingerprint density at radius 1 is 1.24 bits per heavy atom. The first-order chi connectivity index (χ1) is 9.50. The Balaban J connectivity index is 0.00000220. The van der Waals surface area contributed by atoms with Gasteiger partial charge in [0, 0.05) is 0 Å². The van der Waals surface area contributed by atoms with E-state index in [1.54, 1.807) is 30.3 Å². The van der Waals surface area contributed by atoms with Gasteiger partial charge in [-0.25, -0.2) is 0 Å². The van der Waals surface area contributed by atoms with Crippen LogP contribution < -0.4 is 45.5 Å². The zero-order valence-electron chi connectivity index (χ0n) is 10.9. The molecule has 1 aromatic heterocycles. The third kappa shape index (κ3) is 4.01. The molecule has 0 fully saturated rings. The number of anilines is 1. The van der Waals surface area contributed by atoms with E-state index in [1.165, 1.54) is 6.20 Å². The van der Waals surface area contributed by atoms with E-state index in [0.717, 1.165) is 4.68 Å². The van der Waals surface area contributed by atoms with Crippen molar-refractivity contribution in [1.29, 1.82) is 0 Å². The second kappa shape index (κ2) is 7.51. The van der Waals surface area contributed by atoms with Crippen LogP contribution in [0, 0.1) is 0 Å². The number of aliphatic carboxylic acids is 1. The third-order valence-electron chi connectivity index (χ3n) is 2.35. The van der Waals surface area contributed by atoms with Gasteiger partial charge in [0.15, 0.2) is 0 Å². The van der Waals surface area contributed by atoms with Crippen molar-refractivity contribution in [2.45, 2.75) is 0 Å². The van der Waals surface area contributed by atoms with E-state index in [9.17, 15) is 19.5 Å². The number of nitrogens with one attached hydrogen (secondary N) is 1. The van der Waals surface area contributed by atoms with Gasteiger partial charge in [0.05, 0.1) is 17.6 Å². The van der Waals surface area contributed by atoms with Crippen molar-refractivity contribution in [3.63, 3.8) is 0 Å². The standard InChI is InChI=1S/C12H8BrN3O4.Na/c13-9-8(15-10(17)12(19)20)6-14-16(11(9)18)7-4-2-1-3-5-7;/h1-6H,(H,15,17)(H,19,20);/q;+1/p-1. The van der Waals surface area contributed by atoms with E-state index >= 15 is 0 Å². The number of aromatic nitrogens is 2. The maximum Gasteiger partial charge on any atom is 1.00 e. The molecule has 102 valence electrons. The molecule has 7 nitrogen and oxygen atoms in total. The van der Waals surface area contributed by atoms with Gasteiger partial charge in [-0.15, -0.1) is 0 Å². The fourth-order valence-corrected chi connectivity index (χ4v) is 1.82. The summed E-state index contributed by atoms with van der Waals surface area (Å²) in [6.07, 6.45) is 1.17. The molecule has 1 heterocycles. The molecule has 1 amide bonds. The molecular formula is C12H7BrN3NaO4. The average Bonchev–Trinajstić information content (AvgIpc) is 2.45. The van der Waals surface area contributed by atoms with Gasteiger partial charge in [0.2, 0.25) is 0 Å². The van der Waals surface area contributed by atoms with Crippen molar-refractivity contribution in [3.05, 3.63) is 51.4 Å². The minimum Gasteiger partial charge on any atom is -0.540 e. The van der Waals surface area contributed by atoms with Crippen LogP contribution in [0.2, 0.25) is 0 Å². The number of para-hydroxylation sites is 1. The molecule has 21 heavy (non-hydrogen) atoms. The van der Waals surface area contributed by atoms with Crippen LogP contribution in [0.15, 0.2) is 45.8 Å². The number of halogens is 1. The van der Waals surface area contributed by atoms with Gasteiger partial charge in [-0.1, -0.05) is 18.2 Å². The first kappa shape index (κ1) is 17.6. The molecular weight excluding hydrogens is 353 g/mol. The minimum absolute atomic E-state index is 0. The molecule has 1 N–H and O–H groups in total. The van der Waals surface area contributed by atoms with E-state index in [0.29, 0.717) is 5.69 Å². The number of benzene rings is 1. The van der Waals surface area contributed by atoms with Gasteiger partial charge >= 0.3 is 29.6 Å². The largest absolute Gasteiger partial charge is 1.00 e. The Morgan fingerprint density at radius 3 is 2.43 bits per heavy atom. The van der Waals surface area contributed by atoms with Gasteiger partial charge in [0.1, 0.15) is 10.4 Å². The molecule has 0 spiro atoms. The van der Waals surface area contributed by atoms with Crippen LogP contribution >= 0.6 is 15.9 Å². The number of carbonyl (C=O) groups excluding carboxylic acids is 2. The molecule has 0 aliphatic carbocycles. The molecule has 9 heteroatoms. The molecule has 0 atom stereocenters. The van der Waals surface area contributed by atoms with Crippen LogP contribution in [0.25, 0.3) is 5.69 Å². The Labute approximate surface area is 149 Å². The van der Waals surface area contributed by atoms with Crippen molar-refractivity contribution in [2.24, 2.45) is 0 Å². The maximum absolute atomic E-state index is 12.1. The van der Waals surface area contributed by atoms with Crippen LogP contribution in [-0.4, -0.2) is 21.7 Å². The molecule has 0 bridgehead atoms. The Bertz CT molecular complexity index is 733. The molecule has 0 radical (unpaired) electrons. The first-order valence-corrected chi connectivity index (χ1v) is 6.15. The zero-order valence-corrected chi connectivity index (χ0v) is 14.5. The third-order valence-corrected chi connectivity index (χ3v) is 3.12. The Hall–Kier alpha value is -1.48. The summed E-state index contributed by atoms with van der Waals surface area (Å²) in [6, 6.07) is 8.63. The van der Waals surface area contributed by atoms with E-state index in [4.69, 9.17) is 0 Å². The van der Waals surface area contributed by atoms with E-state index < -0.39 is 17.4 Å². The van der Waals surface area contributed by atoms with Gasteiger partial charge in [0.25, 0.3) is 11.5 Å². The van der Waals surface area contributed by atoms with Crippen molar-refractivity contribution in [3.8, 4) is 5.69 Å². The summed E-state index contributed by atoms with van der Waals surface area (Å²) in [7, 11) is 0. The topological polar surface area (TPSA) is 104 Å². The van der Waals surface area contributed by atoms with Gasteiger partial charge in [-0.3, -0.25) is 9.59 Å². The molecule has 0 aliphatic heterocycles. The number of nitrogens with zero attached hydrogens (tertiary/aromatic N) is 2. The summed E-state index contributed by atoms with van der Waals surface area (Å²) >= 11 is 3.00. The summed E-state index contributed by atoms with van der Waals surface area (Å²) in [5.41, 5.74) is -0.0419. The van der Waals surface area contributed by atoms with Crippen LogP contribution in [0.4, 0.5) is 5.69 Å². The molecule has 2 aromatic rings. The van der Waals surface area contributed by atoms with Crippen molar-refractivity contribution < 1.29 is 44.3 Å². The number of amides is 1. The second-order valence-corrected chi connectivity index (χ2v) is 4.46. The number of carboxylic acid groups (broad SMARTS) is 1. The summed E-state index contributed by atoms with van der Waals surface area (Å²) in [5, 5.41) is 16.2. The second-order valence-electron chi connectivity index (χ2n) is 3.67. The molecule has 2 rings (SSSR count). The maximum atomic E-state index is 12.1. The Morgan fingerprint density at radius 2 is 1.86 bits per heavy atom. The van der Waals surface area contributed by atoms with Gasteiger partial charge < -0.3 is 15.2 Å². The van der Waals surface area contributed by atoms with Crippen LogP contribution in [-0.2, 0) is 9.59 Å². The van der Waals surface area contributed by atoms with E-state index in [1.807, 2.05) is 5.32 Å². The number of carboxylic acids is 1. The summed E-state index contributed by atoms with van der Waals surface area (Å²) in [6.45, 7) is 0. The van der Waals surface area contributed by atoms with Crippen LogP contribution in [0.1, 0.15) is 0 Å². The van der Waals surface area contributed by atoms with Crippen molar-refractivity contribution in [1.82, 2.24) is 9.78 Å². The number of hydrogen-bond donors (Lipinski definition) is 1. The SMILES string of the molecule is O=C([O-])C(=O)Nc1cnn(-c2ccccc2)c(=O)c1Br.[Na+]. The number of carbonyl (C=O) groups is 2. The molecule has 0 aliphatic rings. The molecule has 0 unspecified atom stereocenters. The minimum atomic E-state index is -1.90.